The zero-order chi connectivity index (χ0) is 15.7. The average Bonchev–Trinajstić information content (AvgIpc) is 2.19. The van der Waals surface area contributed by atoms with Gasteiger partial charge in [0.15, 0.2) is 0 Å². The van der Waals surface area contributed by atoms with Crippen LogP contribution >= 0.6 is 0 Å². The molecule has 0 bridgehead atoms. The Kier molecular flexibility index (Phi) is 4.70. The molecule has 0 amide bonds. The van der Waals surface area contributed by atoms with Crippen molar-refractivity contribution in [1.82, 2.24) is 4.72 Å². The number of rotatable bonds is 4. The Balaban J connectivity index is 3.10. The fraction of sp³-hybridized carbons (Fsp3) is 0.500. The lowest BCUT2D eigenvalue weighted by atomic mass is 10.1. The van der Waals surface area contributed by atoms with Gasteiger partial charge in [-0.1, -0.05) is 6.07 Å². The van der Waals surface area contributed by atoms with E-state index in [1.165, 1.54) is 19.9 Å². The second-order valence-electron chi connectivity index (χ2n) is 4.77. The average molecular weight is 310 g/mol. The van der Waals surface area contributed by atoms with Crippen molar-refractivity contribution in [3.8, 4) is 0 Å². The summed E-state index contributed by atoms with van der Waals surface area (Å²) in [6.45, 7) is 4.25. The van der Waals surface area contributed by atoms with Gasteiger partial charge in [0, 0.05) is 11.7 Å². The number of hydrogen-bond acceptors (Lipinski definition) is 3. The Morgan fingerprint density at radius 3 is 2.35 bits per heavy atom. The second-order valence-corrected chi connectivity index (χ2v) is 6.42. The molecule has 0 saturated heterocycles. The minimum absolute atomic E-state index is 0.0634. The van der Waals surface area contributed by atoms with E-state index >= 15 is 0 Å². The first-order chi connectivity index (χ1) is 8.94. The molecule has 0 fully saturated rings. The SMILES string of the molecule is Cc1ccc(N)c(C)c1S(=O)(=O)NC(C)CC(F)(F)F. The van der Waals surface area contributed by atoms with E-state index in [4.69, 9.17) is 5.73 Å². The van der Waals surface area contributed by atoms with Crippen LogP contribution in [0.5, 0.6) is 0 Å². The normalized spacial score (nSPS) is 14.3. The molecule has 0 aromatic heterocycles. The molecule has 0 aliphatic heterocycles. The number of aryl methyl sites for hydroxylation is 1. The van der Waals surface area contributed by atoms with Gasteiger partial charge in [0.05, 0.1) is 11.3 Å². The summed E-state index contributed by atoms with van der Waals surface area (Å²) in [6, 6.07) is 1.83. The molecule has 1 unspecified atom stereocenters. The molecular formula is C12H17F3N2O2S. The fourth-order valence-electron chi connectivity index (χ4n) is 1.97. The number of alkyl halides is 3. The van der Waals surface area contributed by atoms with E-state index in [0.717, 1.165) is 0 Å². The molecule has 1 atom stereocenters. The zero-order valence-electron chi connectivity index (χ0n) is 11.4. The van der Waals surface area contributed by atoms with E-state index in [1.54, 1.807) is 13.0 Å². The lowest BCUT2D eigenvalue weighted by Crippen LogP contribution is -2.36. The number of benzene rings is 1. The van der Waals surface area contributed by atoms with Crippen LogP contribution in [0.1, 0.15) is 24.5 Å². The van der Waals surface area contributed by atoms with Crippen LogP contribution in [0.2, 0.25) is 0 Å². The summed E-state index contributed by atoms with van der Waals surface area (Å²) in [5.41, 5.74) is 6.69. The van der Waals surface area contributed by atoms with Crippen LogP contribution in [0.4, 0.5) is 18.9 Å². The summed E-state index contributed by atoms with van der Waals surface area (Å²) in [5.74, 6) is 0. The fourth-order valence-corrected chi connectivity index (χ4v) is 3.71. The summed E-state index contributed by atoms with van der Waals surface area (Å²) in [6.07, 6.45) is -5.66. The van der Waals surface area contributed by atoms with E-state index in [-0.39, 0.29) is 10.6 Å². The summed E-state index contributed by atoms with van der Waals surface area (Å²) in [4.78, 5) is -0.0634. The molecular weight excluding hydrogens is 293 g/mol. The Bertz CT molecular complexity index is 597. The van der Waals surface area contributed by atoms with Crippen LogP contribution in [-0.4, -0.2) is 20.6 Å². The Morgan fingerprint density at radius 1 is 1.30 bits per heavy atom. The highest BCUT2D eigenvalue weighted by Gasteiger charge is 2.32. The van der Waals surface area contributed by atoms with Crippen LogP contribution in [0.15, 0.2) is 17.0 Å². The van der Waals surface area contributed by atoms with Crippen LogP contribution in [-0.2, 0) is 10.0 Å². The maximum atomic E-state index is 12.3. The number of sulfonamides is 1. The predicted molar refractivity (Wildman–Crippen MR) is 70.8 cm³/mol. The van der Waals surface area contributed by atoms with Crippen molar-refractivity contribution in [2.75, 3.05) is 5.73 Å². The van der Waals surface area contributed by atoms with Crippen molar-refractivity contribution in [3.05, 3.63) is 23.3 Å². The molecule has 0 saturated carbocycles. The van der Waals surface area contributed by atoms with E-state index in [2.05, 4.69) is 0 Å². The molecule has 1 aromatic carbocycles. The standard InChI is InChI=1S/C12H17F3N2O2S/c1-7-4-5-10(16)9(3)11(7)20(18,19)17-8(2)6-12(13,14)15/h4-5,8,17H,6,16H2,1-3H3. The molecule has 114 valence electrons. The number of hydrogen-bond donors (Lipinski definition) is 2. The lowest BCUT2D eigenvalue weighted by Gasteiger charge is -2.18. The summed E-state index contributed by atoms with van der Waals surface area (Å²) in [5, 5.41) is 0. The highest BCUT2D eigenvalue weighted by Crippen LogP contribution is 2.26. The van der Waals surface area contributed by atoms with Gasteiger partial charge in [-0.2, -0.15) is 13.2 Å². The van der Waals surface area contributed by atoms with Gasteiger partial charge in [-0.3, -0.25) is 0 Å². The smallest absolute Gasteiger partial charge is 0.390 e. The summed E-state index contributed by atoms with van der Waals surface area (Å²) >= 11 is 0. The minimum Gasteiger partial charge on any atom is -0.398 e. The maximum Gasteiger partial charge on any atom is 0.390 e. The second kappa shape index (κ2) is 5.61. The van der Waals surface area contributed by atoms with Crippen molar-refractivity contribution < 1.29 is 21.6 Å². The van der Waals surface area contributed by atoms with Crippen LogP contribution in [0.25, 0.3) is 0 Å². The molecule has 0 aliphatic carbocycles. The summed E-state index contributed by atoms with van der Waals surface area (Å²) < 4.78 is 63.2. The third-order valence-electron chi connectivity index (χ3n) is 2.81. The van der Waals surface area contributed by atoms with Crippen molar-refractivity contribution in [2.45, 2.75) is 44.3 Å². The number of halogens is 3. The van der Waals surface area contributed by atoms with E-state index < -0.39 is 28.7 Å². The Labute approximate surface area is 116 Å². The van der Waals surface area contributed by atoms with E-state index in [0.29, 0.717) is 11.1 Å². The van der Waals surface area contributed by atoms with Gasteiger partial charge in [-0.15, -0.1) is 0 Å². The van der Waals surface area contributed by atoms with Crippen LogP contribution in [0, 0.1) is 13.8 Å². The number of nitrogen functional groups attached to an aromatic ring is 1. The number of anilines is 1. The van der Waals surface area contributed by atoms with E-state index in [9.17, 15) is 21.6 Å². The van der Waals surface area contributed by atoms with Gasteiger partial charge in [-0.05, 0) is 38.0 Å². The van der Waals surface area contributed by atoms with Gasteiger partial charge in [-0.25, -0.2) is 13.1 Å². The topological polar surface area (TPSA) is 72.2 Å². The van der Waals surface area contributed by atoms with Gasteiger partial charge < -0.3 is 5.73 Å². The maximum absolute atomic E-state index is 12.3. The molecule has 0 aliphatic rings. The zero-order valence-corrected chi connectivity index (χ0v) is 12.2. The molecule has 1 aromatic rings. The lowest BCUT2D eigenvalue weighted by molar-refractivity contribution is -0.137. The molecule has 8 heteroatoms. The monoisotopic (exact) mass is 310 g/mol. The molecule has 4 nitrogen and oxygen atoms in total. The predicted octanol–water partition coefficient (Wildman–Crippen LogP) is 2.50. The van der Waals surface area contributed by atoms with Crippen LogP contribution < -0.4 is 10.5 Å². The van der Waals surface area contributed by atoms with Gasteiger partial charge in [0.2, 0.25) is 10.0 Å². The molecule has 0 heterocycles. The van der Waals surface area contributed by atoms with Gasteiger partial charge in [0.1, 0.15) is 0 Å². The molecule has 20 heavy (non-hydrogen) atoms. The highest BCUT2D eigenvalue weighted by molar-refractivity contribution is 7.89. The first-order valence-electron chi connectivity index (χ1n) is 5.89. The van der Waals surface area contributed by atoms with Crippen LogP contribution in [0.3, 0.4) is 0 Å². The van der Waals surface area contributed by atoms with Crippen molar-refractivity contribution in [1.29, 1.82) is 0 Å². The first-order valence-corrected chi connectivity index (χ1v) is 7.37. The number of nitrogens with one attached hydrogen (secondary N) is 1. The quantitative estimate of drug-likeness (QED) is 0.839. The van der Waals surface area contributed by atoms with Gasteiger partial charge >= 0.3 is 6.18 Å². The molecule has 0 spiro atoms. The first kappa shape index (κ1) is 16.8. The molecule has 3 N–H and O–H groups in total. The minimum atomic E-state index is -4.43. The summed E-state index contributed by atoms with van der Waals surface area (Å²) in [7, 11) is -4.05. The molecule has 0 radical (unpaired) electrons. The molecule has 1 rings (SSSR count). The Morgan fingerprint density at radius 2 is 1.85 bits per heavy atom. The largest absolute Gasteiger partial charge is 0.398 e. The third-order valence-corrected chi connectivity index (χ3v) is 4.69. The third kappa shape index (κ3) is 4.11. The van der Waals surface area contributed by atoms with Gasteiger partial charge in [0.25, 0.3) is 0 Å². The van der Waals surface area contributed by atoms with Crippen molar-refractivity contribution >= 4 is 15.7 Å². The highest BCUT2D eigenvalue weighted by atomic mass is 32.2. The number of nitrogens with two attached hydrogens (primary N) is 1. The van der Waals surface area contributed by atoms with E-state index in [1.807, 2.05) is 4.72 Å². The van der Waals surface area contributed by atoms with Crippen molar-refractivity contribution in [2.24, 2.45) is 0 Å². The Hall–Kier alpha value is -1.28. The van der Waals surface area contributed by atoms with Crippen molar-refractivity contribution in [3.63, 3.8) is 0 Å².